The van der Waals surface area contributed by atoms with Crippen molar-refractivity contribution in [3.63, 3.8) is 0 Å². The molecule has 2 rings (SSSR count). The SMILES string of the molecule is CCN1CCCC1CNC(=O)C(=O)Nc1ccncc1. The lowest BCUT2D eigenvalue weighted by Gasteiger charge is -2.22. The van der Waals surface area contributed by atoms with Gasteiger partial charge in [-0.05, 0) is 38.1 Å². The minimum atomic E-state index is -0.641. The first-order valence-corrected chi connectivity index (χ1v) is 6.94. The van der Waals surface area contributed by atoms with Gasteiger partial charge in [0.1, 0.15) is 0 Å². The van der Waals surface area contributed by atoms with Crippen molar-refractivity contribution < 1.29 is 9.59 Å². The summed E-state index contributed by atoms with van der Waals surface area (Å²) in [5, 5.41) is 5.24. The molecule has 2 N–H and O–H groups in total. The second-order valence-electron chi connectivity index (χ2n) is 4.82. The van der Waals surface area contributed by atoms with E-state index in [1.807, 2.05) is 0 Å². The molecule has 108 valence electrons. The summed E-state index contributed by atoms with van der Waals surface area (Å²) in [4.78, 5) is 29.6. The summed E-state index contributed by atoms with van der Waals surface area (Å²) in [5.41, 5.74) is 0.566. The molecule has 1 saturated heterocycles. The standard InChI is InChI=1S/C14H20N4O2/c1-2-18-9-3-4-12(18)10-16-13(19)14(20)17-11-5-7-15-8-6-11/h5-8,12H,2-4,9-10H2,1H3,(H,16,19)(H,15,17,20). The van der Waals surface area contributed by atoms with Crippen molar-refractivity contribution in [2.75, 3.05) is 25.0 Å². The van der Waals surface area contributed by atoms with Crippen molar-refractivity contribution in [3.05, 3.63) is 24.5 Å². The summed E-state index contributed by atoms with van der Waals surface area (Å²) >= 11 is 0. The number of carbonyl (C=O) groups excluding carboxylic acids is 2. The Morgan fingerprint density at radius 2 is 2.10 bits per heavy atom. The maximum Gasteiger partial charge on any atom is 0.313 e. The third kappa shape index (κ3) is 3.77. The highest BCUT2D eigenvalue weighted by Gasteiger charge is 2.24. The first-order valence-electron chi connectivity index (χ1n) is 6.94. The van der Waals surface area contributed by atoms with Gasteiger partial charge in [-0.25, -0.2) is 0 Å². The number of hydrogen-bond acceptors (Lipinski definition) is 4. The number of likely N-dealkylation sites (N-methyl/N-ethyl adjacent to an activating group) is 1. The third-order valence-corrected chi connectivity index (χ3v) is 3.55. The zero-order valence-corrected chi connectivity index (χ0v) is 11.6. The highest BCUT2D eigenvalue weighted by molar-refractivity contribution is 6.39. The highest BCUT2D eigenvalue weighted by atomic mass is 16.2. The van der Waals surface area contributed by atoms with Gasteiger partial charge in [-0.2, -0.15) is 0 Å². The molecule has 6 heteroatoms. The summed E-state index contributed by atoms with van der Waals surface area (Å²) in [7, 11) is 0. The molecule has 1 aliphatic rings. The van der Waals surface area contributed by atoms with Crippen LogP contribution in [0.15, 0.2) is 24.5 Å². The lowest BCUT2D eigenvalue weighted by molar-refractivity contribution is -0.136. The summed E-state index contributed by atoms with van der Waals surface area (Å²) in [6.07, 6.45) is 5.34. The number of likely N-dealkylation sites (tertiary alicyclic amines) is 1. The van der Waals surface area contributed by atoms with Gasteiger partial charge in [0.2, 0.25) is 0 Å². The van der Waals surface area contributed by atoms with Crippen molar-refractivity contribution in [1.29, 1.82) is 0 Å². The van der Waals surface area contributed by atoms with Gasteiger partial charge in [-0.15, -0.1) is 0 Å². The van der Waals surface area contributed by atoms with Crippen molar-refractivity contribution in [1.82, 2.24) is 15.2 Å². The topological polar surface area (TPSA) is 74.3 Å². The van der Waals surface area contributed by atoms with Gasteiger partial charge in [-0.1, -0.05) is 6.92 Å². The Hall–Kier alpha value is -1.95. The molecule has 20 heavy (non-hydrogen) atoms. The minimum absolute atomic E-state index is 0.345. The fraction of sp³-hybridized carbons (Fsp3) is 0.500. The van der Waals surface area contributed by atoms with E-state index < -0.39 is 11.8 Å². The van der Waals surface area contributed by atoms with E-state index in [9.17, 15) is 9.59 Å². The Labute approximate surface area is 118 Å². The van der Waals surface area contributed by atoms with Crippen LogP contribution < -0.4 is 10.6 Å². The van der Waals surface area contributed by atoms with Crippen LogP contribution in [-0.4, -0.2) is 47.4 Å². The van der Waals surface area contributed by atoms with Gasteiger partial charge in [-0.3, -0.25) is 19.5 Å². The van der Waals surface area contributed by atoms with Gasteiger partial charge in [0.15, 0.2) is 0 Å². The van der Waals surface area contributed by atoms with Crippen molar-refractivity contribution in [2.24, 2.45) is 0 Å². The lowest BCUT2D eigenvalue weighted by Crippen LogP contribution is -2.43. The van der Waals surface area contributed by atoms with E-state index in [4.69, 9.17) is 0 Å². The Morgan fingerprint density at radius 3 is 2.80 bits per heavy atom. The number of anilines is 1. The van der Waals surface area contributed by atoms with Gasteiger partial charge in [0.05, 0.1) is 0 Å². The fourth-order valence-corrected chi connectivity index (χ4v) is 2.46. The number of carbonyl (C=O) groups is 2. The van der Waals surface area contributed by atoms with Gasteiger partial charge in [0, 0.05) is 30.7 Å². The quantitative estimate of drug-likeness (QED) is 0.791. The zero-order chi connectivity index (χ0) is 14.4. The Morgan fingerprint density at radius 1 is 1.35 bits per heavy atom. The largest absolute Gasteiger partial charge is 0.346 e. The average Bonchev–Trinajstić information content (AvgIpc) is 2.93. The van der Waals surface area contributed by atoms with Crippen LogP contribution in [0.1, 0.15) is 19.8 Å². The molecule has 1 atom stereocenters. The molecule has 0 spiro atoms. The normalized spacial score (nSPS) is 18.8. The Balaban J connectivity index is 1.78. The maximum atomic E-state index is 11.7. The highest BCUT2D eigenvalue weighted by Crippen LogP contribution is 2.15. The van der Waals surface area contributed by atoms with Gasteiger partial charge < -0.3 is 10.6 Å². The molecule has 0 aromatic carbocycles. The average molecular weight is 276 g/mol. The van der Waals surface area contributed by atoms with Crippen molar-refractivity contribution >= 4 is 17.5 Å². The lowest BCUT2D eigenvalue weighted by atomic mass is 10.2. The molecule has 1 aromatic heterocycles. The van der Waals surface area contributed by atoms with Crippen LogP contribution in [0.2, 0.25) is 0 Å². The molecule has 0 bridgehead atoms. The van der Waals surface area contributed by atoms with E-state index in [0.29, 0.717) is 18.3 Å². The number of nitrogens with zero attached hydrogens (tertiary/aromatic N) is 2. The van der Waals surface area contributed by atoms with Crippen LogP contribution in [0.25, 0.3) is 0 Å². The fourth-order valence-electron chi connectivity index (χ4n) is 2.46. The molecular weight excluding hydrogens is 256 g/mol. The van der Waals surface area contributed by atoms with E-state index >= 15 is 0 Å². The molecule has 6 nitrogen and oxygen atoms in total. The predicted octanol–water partition coefficient (Wildman–Crippen LogP) is 0.621. The monoisotopic (exact) mass is 276 g/mol. The molecule has 2 amide bonds. The van der Waals surface area contributed by atoms with Gasteiger partial charge >= 0.3 is 11.8 Å². The number of rotatable bonds is 4. The molecule has 0 radical (unpaired) electrons. The van der Waals surface area contributed by atoms with E-state index in [1.54, 1.807) is 24.5 Å². The summed E-state index contributed by atoms with van der Waals surface area (Å²) in [6, 6.07) is 3.62. The summed E-state index contributed by atoms with van der Waals surface area (Å²) < 4.78 is 0. The van der Waals surface area contributed by atoms with Crippen molar-refractivity contribution in [2.45, 2.75) is 25.8 Å². The third-order valence-electron chi connectivity index (χ3n) is 3.55. The first kappa shape index (κ1) is 14.5. The van der Waals surface area contributed by atoms with Crippen molar-refractivity contribution in [3.8, 4) is 0 Å². The molecule has 1 aliphatic heterocycles. The second kappa shape index (κ2) is 7.00. The predicted molar refractivity (Wildman–Crippen MR) is 76.1 cm³/mol. The van der Waals surface area contributed by atoms with Gasteiger partial charge in [0.25, 0.3) is 0 Å². The van der Waals surface area contributed by atoms with Crippen LogP contribution in [0, 0.1) is 0 Å². The molecule has 1 fully saturated rings. The van der Waals surface area contributed by atoms with E-state index in [2.05, 4.69) is 27.4 Å². The van der Waals surface area contributed by atoms with E-state index in [0.717, 1.165) is 25.9 Å². The molecule has 2 heterocycles. The number of nitrogens with one attached hydrogen (secondary N) is 2. The number of hydrogen-bond donors (Lipinski definition) is 2. The number of amides is 2. The summed E-state index contributed by atoms with van der Waals surface area (Å²) in [6.45, 7) is 4.68. The van der Waals surface area contributed by atoms with Crippen LogP contribution >= 0.6 is 0 Å². The molecule has 1 aromatic rings. The smallest absolute Gasteiger partial charge is 0.313 e. The van der Waals surface area contributed by atoms with Crippen LogP contribution in [0.4, 0.5) is 5.69 Å². The Bertz CT molecular complexity index is 464. The molecule has 0 saturated carbocycles. The summed E-state index contributed by atoms with van der Waals surface area (Å²) in [5.74, 6) is -1.23. The number of pyridine rings is 1. The molecule has 1 unspecified atom stereocenters. The van der Waals surface area contributed by atoms with Crippen LogP contribution in [0.3, 0.4) is 0 Å². The van der Waals surface area contributed by atoms with E-state index in [-0.39, 0.29) is 0 Å². The first-order chi connectivity index (χ1) is 9.70. The molecular formula is C14H20N4O2. The molecule has 0 aliphatic carbocycles. The number of aromatic nitrogens is 1. The maximum absolute atomic E-state index is 11.7. The van der Waals surface area contributed by atoms with Crippen LogP contribution in [-0.2, 0) is 9.59 Å². The zero-order valence-electron chi connectivity index (χ0n) is 11.6. The Kier molecular flexibility index (Phi) is 5.06. The van der Waals surface area contributed by atoms with Crippen LogP contribution in [0.5, 0.6) is 0 Å². The minimum Gasteiger partial charge on any atom is -0.346 e. The van der Waals surface area contributed by atoms with E-state index in [1.165, 1.54) is 0 Å². The second-order valence-corrected chi connectivity index (χ2v) is 4.82.